The van der Waals surface area contributed by atoms with Crippen molar-refractivity contribution in [3.63, 3.8) is 0 Å². The maximum Gasteiger partial charge on any atom is 0.416 e. The van der Waals surface area contributed by atoms with Crippen LogP contribution in [0.25, 0.3) is 0 Å². The first kappa shape index (κ1) is 21.6. The van der Waals surface area contributed by atoms with Crippen molar-refractivity contribution in [1.82, 2.24) is 4.90 Å². The van der Waals surface area contributed by atoms with Crippen LogP contribution in [0.15, 0.2) is 28.5 Å². The minimum atomic E-state index is -4.91. The third-order valence-corrected chi connectivity index (χ3v) is 8.54. The summed E-state index contributed by atoms with van der Waals surface area (Å²) in [7, 11) is 0. The molecule has 0 N–H and O–H groups in total. The summed E-state index contributed by atoms with van der Waals surface area (Å²) >= 11 is 0. The van der Waals surface area contributed by atoms with Crippen molar-refractivity contribution < 1.29 is 31.1 Å². The Morgan fingerprint density at radius 1 is 0.879 bits per heavy atom. The molecular weight excluding hydrogens is 450 g/mol. The van der Waals surface area contributed by atoms with E-state index in [9.17, 15) is 26.3 Å². The second kappa shape index (κ2) is 7.07. The SMILES string of the molecule is FC(F)(F)c1cc(N2N=N[C@H]3[C@@H]4C[C@H]([C@H]5CCC[C@H]45)[C@]32N2CCOCC2)cc(C(F)(F)F)c1. The summed E-state index contributed by atoms with van der Waals surface area (Å²) in [6.07, 6.45) is -5.69. The van der Waals surface area contributed by atoms with Crippen molar-refractivity contribution in [3.8, 4) is 0 Å². The molecule has 1 saturated heterocycles. The van der Waals surface area contributed by atoms with Crippen molar-refractivity contribution in [2.45, 2.75) is 49.7 Å². The summed E-state index contributed by atoms with van der Waals surface area (Å²) in [5, 5.41) is 10.2. The number of hydrogen-bond acceptors (Lipinski definition) is 5. The van der Waals surface area contributed by atoms with Gasteiger partial charge >= 0.3 is 12.4 Å². The highest BCUT2D eigenvalue weighted by Gasteiger charge is 2.73. The molecule has 0 aromatic heterocycles. The lowest BCUT2D eigenvalue weighted by molar-refractivity contribution is -0.143. The molecule has 33 heavy (non-hydrogen) atoms. The van der Waals surface area contributed by atoms with Crippen LogP contribution in [0.3, 0.4) is 0 Å². The van der Waals surface area contributed by atoms with Gasteiger partial charge < -0.3 is 4.74 Å². The summed E-state index contributed by atoms with van der Waals surface area (Å²) in [5.74, 6) is 1.26. The Labute approximate surface area is 186 Å². The number of fused-ring (bicyclic) bond motifs is 8. The summed E-state index contributed by atoms with van der Waals surface area (Å²) < 4.78 is 87.1. The Morgan fingerprint density at radius 3 is 2.15 bits per heavy atom. The molecule has 3 aliphatic carbocycles. The first-order valence-electron chi connectivity index (χ1n) is 11.4. The molecule has 0 amide bonds. The van der Waals surface area contributed by atoms with E-state index in [0.29, 0.717) is 38.1 Å². The van der Waals surface area contributed by atoms with Crippen LogP contribution < -0.4 is 5.01 Å². The van der Waals surface area contributed by atoms with E-state index in [1.807, 2.05) is 0 Å². The number of nitrogens with zero attached hydrogens (tertiary/aromatic N) is 4. The van der Waals surface area contributed by atoms with Crippen molar-refractivity contribution in [2.75, 3.05) is 31.3 Å². The first-order valence-corrected chi connectivity index (χ1v) is 11.4. The zero-order chi connectivity index (χ0) is 23.2. The third-order valence-electron chi connectivity index (χ3n) is 8.54. The number of anilines is 1. The highest BCUT2D eigenvalue weighted by molar-refractivity contribution is 5.56. The minimum absolute atomic E-state index is 0.0944. The van der Waals surface area contributed by atoms with E-state index in [-0.39, 0.29) is 29.6 Å². The number of halogens is 6. The smallest absolute Gasteiger partial charge is 0.379 e. The monoisotopic (exact) mass is 474 g/mol. The molecule has 5 nitrogen and oxygen atoms in total. The van der Waals surface area contributed by atoms with Crippen LogP contribution in [0.4, 0.5) is 32.0 Å². The lowest BCUT2D eigenvalue weighted by Gasteiger charge is -2.54. The third kappa shape index (κ3) is 3.00. The molecule has 180 valence electrons. The summed E-state index contributed by atoms with van der Waals surface area (Å²) in [6, 6.07) is 1.49. The van der Waals surface area contributed by atoms with Crippen LogP contribution in [-0.4, -0.2) is 42.9 Å². The zero-order valence-corrected chi connectivity index (χ0v) is 17.7. The van der Waals surface area contributed by atoms with E-state index in [1.54, 1.807) is 0 Å². The summed E-state index contributed by atoms with van der Waals surface area (Å²) in [4.78, 5) is 2.17. The number of ether oxygens (including phenoxy) is 1. The molecule has 2 aliphatic heterocycles. The van der Waals surface area contributed by atoms with Gasteiger partial charge in [0.2, 0.25) is 0 Å². The number of rotatable bonds is 2. The maximum atomic E-state index is 13.6. The lowest BCUT2D eigenvalue weighted by Crippen LogP contribution is -2.69. The zero-order valence-electron chi connectivity index (χ0n) is 17.7. The molecule has 0 spiro atoms. The second-order valence-corrected chi connectivity index (χ2v) is 9.87. The van der Waals surface area contributed by atoms with E-state index in [4.69, 9.17) is 4.74 Å². The minimum Gasteiger partial charge on any atom is -0.379 e. The van der Waals surface area contributed by atoms with Crippen molar-refractivity contribution in [1.29, 1.82) is 0 Å². The van der Waals surface area contributed by atoms with Gasteiger partial charge in [0, 0.05) is 19.0 Å². The van der Waals surface area contributed by atoms with E-state index >= 15 is 0 Å². The number of morpholine rings is 1. The Kier molecular flexibility index (Phi) is 4.63. The topological polar surface area (TPSA) is 40.4 Å². The van der Waals surface area contributed by atoms with Gasteiger partial charge in [0.05, 0.1) is 30.0 Å². The van der Waals surface area contributed by atoms with Gasteiger partial charge in [-0.05, 0) is 55.2 Å². The maximum absolute atomic E-state index is 13.6. The standard InChI is InChI=1S/C22H24F6N4O/c23-21(24,25)12-8-13(22(26,27)28)10-14(9-12)32-20(31-4-6-33-7-5-31)18-11-17(19(20)29-30-32)15-2-1-3-16(15)18/h8-10,15-19H,1-7,11H2/t15-,16-,17+,18+,19-,20+/m0/s1. The summed E-state index contributed by atoms with van der Waals surface area (Å²) in [6.45, 7) is 2.02. The molecule has 1 aromatic carbocycles. The normalized spacial score (nSPS) is 38.2. The number of hydrogen-bond donors (Lipinski definition) is 0. The van der Waals surface area contributed by atoms with Crippen LogP contribution >= 0.6 is 0 Å². The molecule has 6 atom stereocenters. The fraction of sp³-hybridized carbons (Fsp3) is 0.727. The Bertz CT molecular complexity index is 942. The van der Waals surface area contributed by atoms with Gasteiger partial charge in [-0.1, -0.05) is 11.6 Å². The molecule has 6 rings (SSSR count). The molecule has 5 aliphatic rings. The van der Waals surface area contributed by atoms with Crippen LogP contribution in [0, 0.1) is 23.7 Å². The van der Waals surface area contributed by atoms with Gasteiger partial charge in [0.15, 0.2) is 0 Å². The lowest BCUT2D eigenvalue weighted by atomic mass is 9.71. The summed E-state index contributed by atoms with van der Waals surface area (Å²) in [5.41, 5.74) is -3.69. The van der Waals surface area contributed by atoms with Gasteiger partial charge in [0.25, 0.3) is 0 Å². The fourth-order valence-electron chi connectivity index (χ4n) is 7.51. The van der Waals surface area contributed by atoms with E-state index in [0.717, 1.165) is 37.8 Å². The Morgan fingerprint density at radius 2 is 1.52 bits per heavy atom. The van der Waals surface area contributed by atoms with Crippen LogP contribution in [0.5, 0.6) is 0 Å². The van der Waals surface area contributed by atoms with E-state index in [2.05, 4.69) is 15.2 Å². The highest BCUT2D eigenvalue weighted by atomic mass is 19.4. The largest absolute Gasteiger partial charge is 0.416 e. The Hall–Kier alpha value is -1.88. The average Bonchev–Trinajstić information content (AvgIpc) is 3.51. The average molecular weight is 474 g/mol. The number of alkyl halides is 6. The molecule has 4 fully saturated rings. The number of benzene rings is 1. The van der Waals surface area contributed by atoms with E-state index < -0.39 is 29.1 Å². The van der Waals surface area contributed by atoms with Gasteiger partial charge in [-0.25, -0.2) is 5.01 Å². The molecule has 0 unspecified atom stereocenters. The predicted octanol–water partition coefficient (Wildman–Crippen LogP) is 5.37. The molecule has 3 saturated carbocycles. The molecule has 2 bridgehead atoms. The molecule has 0 radical (unpaired) electrons. The van der Waals surface area contributed by atoms with Crippen molar-refractivity contribution in [3.05, 3.63) is 29.3 Å². The van der Waals surface area contributed by atoms with Crippen LogP contribution in [-0.2, 0) is 17.1 Å². The van der Waals surface area contributed by atoms with Crippen molar-refractivity contribution in [2.24, 2.45) is 34.0 Å². The molecule has 11 heteroatoms. The van der Waals surface area contributed by atoms with Gasteiger partial charge in [-0.2, -0.15) is 31.5 Å². The quantitative estimate of drug-likeness (QED) is 0.541. The predicted molar refractivity (Wildman–Crippen MR) is 105 cm³/mol. The van der Waals surface area contributed by atoms with Gasteiger partial charge in [-0.15, -0.1) is 0 Å². The molecular formula is C22H24F6N4O. The van der Waals surface area contributed by atoms with Crippen LogP contribution in [0.2, 0.25) is 0 Å². The first-order chi connectivity index (χ1) is 15.6. The second-order valence-electron chi connectivity index (χ2n) is 9.87. The fourth-order valence-corrected chi connectivity index (χ4v) is 7.51. The van der Waals surface area contributed by atoms with Crippen molar-refractivity contribution >= 4 is 5.69 Å². The van der Waals surface area contributed by atoms with Gasteiger partial charge in [0.1, 0.15) is 11.7 Å². The van der Waals surface area contributed by atoms with Gasteiger partial charge in [-0.3, -0.25) is 4.90 Å². The molecule has 1 aromatic rings. The molecule has 2 heterocycles. The Balaban J connectivity index is 1.51. The van der Waals surface area contributed by atoms with Crippen LogP contribution in [0.1, 0.15) is 36.8 Å². The highest BCUT2D eigenvalue weighted by Crippen LogP contribution is 2.67. The van der Waals surface area contributed by atoms with E-state index in [1.165, 1.54) is 5.01 Å².